The molecule has 1 aliphatic rings. The maximum Gasteiger partial charge on any atom is 0.247 e. The van der Waals surface area contributed by atoms with Crippen LogP contribution < -0.4 is 30.6 Å². The van der Waals surface area contributed by atoms with Gasteiger partial charge in [-0.2, -0.15) is 0 Å². The fourth-order valence-electron chi connectivity index (χ4n) is 3.15. The summed E-state index contributed by atoms with van der Waals surface area (Å²) in [5.74, 6) is 1.81. The second-order valence-electron chi connectivity index (χ2n) is 7.22. The van der Waals surface area contributed by atoms with E-state index in [0.29, 0.717) is 40.8 Å². The Morgan fingerprint density at radius 3 is 2.13 bits per heavy atom. The van der Waals surface area contributed by atoms with Crippen LogP contribution >= 0.6 is 12.4 Å². The van der Waals surface area contributed by atoms with Gasteiger partial charge in [-0.3, -0.25) is 10.2 Å². The first-order chi connectivity index (χ1) is 14.5. The number of nitrogens with one attached hydrogen (secondary N) is 3. The molecule has 31 heavy (non-hydrogen) atoms. The molecule has 0 spiro atoms. The van der Waals surface area contributed by atoms with Gasteiger partial charge in [-0.05, 0) is 60.7 Å². The van der Waals surface area contributed by atoms with Crippen molar-refractivity contribution in [3.05, 3.63) is 47.5 Å². The number of nitrogens with two attached hydrogens (primary N) is 1. The third-order valence-electron chi connectivity index (χ3n) is 5.05. The molecule has 0 radical (unpaired) electrons. The van der Waals surface area contributed by atoms with E-state index in [1.807, 2.05) is 0 Å². The van der Waals surface area contributed by atoms with E-state index >= 15 is 0 Å². The van der Waals surface area contributed by atoms with Crippen molar-refractivity contribution in [2.75, 3.05) is 33.2 Å². The van der Waals surface area contributed by atoms with Gasteiger partial charge in [-0.15, -0.1) is 12.4 Å². The second-order valence-corrected chi connectivity index (χ2v) is 7.22. The Hall–Kier alpha value is -3.13. The second kappa shape index (κ2) is 10.8. The van der Waals surface area contributed by atoms with Gasteiger partial charge in [0.2, 0.25) is 11.7 Å². The molecular weight excluding hydrogens is 420 g/mol. The average molecular weight is 449 g/mol. The van der Waals surface area contributed by atoms with E-state index in [4.69, 9.17) is 25.4 Å². The average Bonchev–Trinajstić information content (AvgIpc) is 3.59. The van der Waals surface area contributed by atoms with Crippen molar-refractivity contribution in [1.29, 1.82) is 5.41 Å². The third-order valence-corrected chi connectivity index (χ3v) is 5.05. The first-order valence-electron chi connectivity index (χ1n) is 9.75. The molecule has 0 unspecified atom stereocenters. The lowest BCUT2D eigenvalue weighted by Crippen LogP contribution is -2.34. The Morgan fingerprint density at radius 2 is 1.68 bits per heavy atom. The van der Waals surface area contributed by atoms with Crippen molar-refractivity contribution in [3.63, 3.8) is 0 Å². The van der Waals surface area contributed by atoms with E-state index in [9.17, 15) is 4.79 Å². The number of hydrogen-bond donors (Lipinski definition) is 4. The number of nitrogen functional groups attached to an aromatic ring is 1. The predicted molar refractivity (Wildman–Crippen MR) is 123 cm³/mol. The number of halogens is 1. The van der Waals surface area contributed by atoms with E-state index in [1.165, 1.54) is 21.3 Å². The number of carbonyl (C=O) groups is 1. The van der Waals surface area contributed by atoms with Crippen LogP contribution in [-0.2, 0) is 4.79 Å². The van der Waals surface area contributed by atoms with Crippen molar-refractivity contribution < 1.29 is 19.0 Å². The fourth-order valence-corrected chi connectivity index (χ4v) is 3.15. The quantitative estimate of drug-likeness (QED) is 0.327. The van der Waals surface area contributed by atoms with E-state index < -0.39 is 6.04 Å². The number of benzene rings is 2. The topological polar surface area (TPSA) is 119 Å². The minimum atomic E-state index is -0.680. The Morgan fingerprint density at radius 1 is 1.10 bits per heavy atom. The van der Waals surface area contributed by atoms with Gasteiger partial charge in [0, 0.05) is 17.8 Å². The van der Waals surface area contributed by atoms with Gasteiger partial charge in [0.1, 0.15) is 11.9 Å². The van der Waals surface area contributed by atoms with E-state index in [-0.39, 0.29) is 24.1 Å². The number of hydrogen-bond acceptors (Lipinski definition) is 6. The molecule has 2 aromatic rings. The van der Waals surface area contributed by atoms with Gasteiger partial charge in [0.25, 0.3) is 0 Å². The van der Waals surface area contributed by atoms with E-state index in [1.54, 1.807) is 36.4 Å². The highest BCUT2D eigenvalue weighted by molar-refractivity contribution is 5.95. The zero-order valence-electron chi connectivity index (χ0n) is 17.9. The minimum absolute atomic E-state index is 0. The molecule has 1 atom stereocenters. The standard InChI is InChI=1S/C22H28N4O4.ClH/c1-28-17-10-15(11-18(29-2)20(17)30-3)19(22(27)25-12-13-4-5-13)26-16-8-6-14(7-9-16)21(23)24;/h6-11,13,19,26H,4-5,12H2,1-3H3,(H3,23,24)(H,25,27);1H/t19-;/m1./s1. The van der Waals surface area contributed by atoms with Crippen molar-refractivity contribution in [3.8, 4) is 17.2 Å². The summed E-state index contributed by atoms with van der Waals surface area (Å²) in [6, 6.07) is 9.89. The van der Waals surface area contributed by atoms with Crippen LogP contribution in [0.5, 0.6) is 17.2 Å². The van der Waals surface area contributed by atoms with Crippen LogP contribution in [0.1, 0.15) is 30.0 Å². The van der Waals surface area contributed by atoms with Crippen molar-refractivity contribution in [2.24, 2.45) is 11.7 Å². The summed E-state index contributed by atoms with van der Waals surface area (Å²) < 4.78 is 16.3. The number of rotatable bonds is 10. The molecule has 9 heteroatoms. The summed E-state index contributed by atoms with van der Waals surface area (Å²) in [7, 11) is 4.61. The molecule has 8 nitrogen and oxygen atoms in total. The highest BCUT2D eigenvalue weighted by Crippen LogP contribution is 2.40. The minimum Gasteiger partial charge on any atom is -0.493 e. The van der Waals surface area contributed by atoms with Gasteiger partial charge < -0.3 is 30.6 Å². The SMILES string of the molecule is COc1cc([C@@H](Nc2ccc(C(=N)N)cc2)C(=O)NCC2CC2)cc(OC)c1OC.Cl. The lowest BCUT2D eigenvalue weighted by atomic mass is 10.0. The van der Waals surface area contributed by atoms with Gasteiger partial charge in [0.15, 0.2) is 11.5 Å². The van der Waals surface area contributed by atoms with Crippen molar-refractivity contribution >= 4 is 29.8 Å². The number of amidine groups is 1. The molecule has 2 aromatic carbocycles. The van der Waals surface area contributed by atoms with Crippen molar-refractivity contribution in [2.45, 2.75) is 18.9 Å². The highest BCUT2D eigenvalue weighted by Gasteiger charge is 2.27. The zero-order valence-corrected chi connectivity index (χ0v) is 18.7. The van der Waals surface area contributed by atoms with E-state index in [2.05, 4.69) is 10.6 Å². The van der Waals surface area contributed by atoms with Gasteiger partial charge in [-0.1, -0.05) is 0 Å². The summed E-state index contributed by atoms with van der Waals surface area (Å²) in [6.07, 6.45) is 2.30. The maximum atomic E-state index is 13.1. The van der Waals surface area contributed by atoms with Gasteiger partial charge in [-0.25, -0.2) is 0 Å². The Kier molecular flexibility index (Phi) is 8.38. The first-order valence-corrected chi connectivity index (χ1v) is 9.75. The molecule has 0 aromatic heterocycles. The molecule has 1 aliphatic carbocycles. The summed E-state index contributed by atoms with van der Waals surface area (Å²) >= 11 is 0. The normalized spacial score (nSPS) is 13.4. The number of amides is 1. The maximum absolute atomic E-state index is 13.1. The molecule has 0 saturated heterocycles. The summed E-state index contributed by atoms with van der Waals surface area (Å²) in [6.45, 7) is 0.657. The predicted octanol–water partition coefficient (Wildman–Crippen LogP) is 3.10. The lowest BCUT2D eigenvalue weighted by Gasteiger charge is -2.22. The fraction of sp³-hybridized carbons (Fsp3) is 0.364. The molecule has 0 heterocycles. The molecule has 1 saturated carbocycles. The molecule has 168 valence electrons. The molecule has 3 rings (SSSR count). The molecule has 1 amide bonds. The first kappa shape index (κ1) is 24.1. The highest BCUT2D eigenvalue weighted by atomic mass is 35.5. The van der Waals surface area contributed by atoms with E-state index in [0.717, 1.165) is 18.5 Å². The van der Waals surface area contributed by atoms with Crippen LogP contribution in [0.3, 0.4) is 0 Å². The van der Waals surface area contributed by atoms with Crippen LogP contribution in [-0.4, -0.2) is 39.6 Å². The van der Waals surface area contributed by atoms with Crippen LogP contribution in [0.4, 0.5) is 5.69 Å². The summed E-state index contributed by atoms with van der Waals surface area (Å²) in [4.78, 5) is 13.1. The Labute approximate surface area is 188 Å². The summed E-state index contributed by atoms with van der Waals surface area (Å²) in [5, 5.41) is 13.8. The molecular formula is C22H29ClN4O4. The Balaban J connectivity index is 0.00000341. The van der Waals surface area contributed by atoms with Crippen LogP contribution in [0.2, 0.25) is 0 Å². The van der Waals surface area contributed by atoms with Crippen LogP contribution in [0.15, 0.2) is 36.4 Å². The number of anilines is 1. The monoisotopic (exact) mass is 448 g/mol. The number of carbonyl (C=O) groups excluding carboxylic acids is 1. The van der Waals surface area contributed by atoms with Gasteiger partial charge >= 0.3 is 0 Å². The summed E-state index contributed by atoms with van der Waals surface area (Å²) in [5.41, 5.74) is 7.54. The van der Waals surface area contributed by atoms with Gasteiger partial charge in [0.05, 0.1) is 21.3 Å². The molecule has 1 fully saturated rings. The van der Waals surface area contributed by atoms with Crippen molar-refractivity contribution in [1.82, 2.24) is 5.32 Å². The van der Waals surface area contributed by atoms with Crippen LogP contribution in [0.25, 0.3) is 0 Å². The molecule has 0 bridgehead atoms. The van der Waals surface area contributed by atoms with Crippen LogP contribution in [0, 0.1) is 11.3 Å². The molecule has 5 N–H and O–H groups in total. The third kappa shape index (κ3) is 5.95. The zero-order chi connectivity index (χ0) is 21.7. The number of ether oxygens (including phenoxy) is 3. The Bertz CT molecular complexity index is 891. The largest absolute Gasteiger partial charge is 0.493 e. The molecule has 0 aliphatic heterocycles. The number of methoxy groups -OCH3 is 3. The lowest BCUT2D eigenvalue weighted by molar-refractivity contribution is -0.122. The smallest absolute Gasteiger partial charge is 0.247 e.